The van der Waals surface area contributed by atoms with Crippen molar-refractivity contribution in [2.75, 3.05) is 20.2 Å². The van der Waals surface area contributed by atoms with Gasteiger partial charge in [-0.2, -0.15) is 0 Å². The lowest BCUT2D eigenvalue weighted by atomic mass is 9.97. The van der Waals surface area contributed by atoms with Crippen LogP contribution in [0.15, 0.2) is 24.3 Å². The van der Waals surface area contributed by atoms with E-state index in [0.717, 1.165) is 32.5 Å². The second-order valence-corrected chi connectivity index (χ2v) is 5.99. The summed E-state index contributed by atoms with van der Waals surface area (Å²) < 4.78 is 4.86. The number of piperidine rings is 1. The third-order valence-electron chi connectivity index (χ3n) is 4.09. The van der Waals surface area contributed by atoms with Crippen molar-refractivity contribution in [1.82, 2.24) is 4.90 Å². The molecule has 3 nitrogen and oxygen atoms in total. The minimum absolute atomic E-state index is 0.0451. The van der Waals surface area contributed by atoms with Crippen LogP contribution in [0.3, 0.4) is 0 Å². The highest BCUT2D eigenvalue weighted by atomic mass is 16.5. The number of hydrogen-bond acceptors (Lipinski definition) is 3. The zero-order chi connectivity index (χ0) is 14.5. The van der Waals surface area contributed by atoms with Crippen molar-refractivity contribution in [3.8, 4) is 0 Å². The first kappa shape index (κ1) is 15.0. The van der Waals surface area contributed by atoms with Crippen LogP contribution < -0.4 is 0 Å². The third kappa shape index (κ3) is 3.83. The Hall–Kier alpha value is -1.35. The molecule has 0 saturated carbocycles. The van der Waals surface area contributed by atoms with Crippen LogP contribution in [0.25, 0.3) is 0 Å². The van der Waals surface area contributed by atoms with Gasteiger partial charge in [-0.25, -0.2) is 0 Å². The summed E-state index contributed by atoms with van der Waals surface area (Å²) in [7, 11) is 1.48. The van der Waals surface area contributed by atoms with Gasteiger partial charge >= 0.3 is 5.97 Å². The molecule has 0 aliphatic carbocycles. The van der Waals surface area contributed by atoms with E-state index in [1.807, 2.05) is 0 Å². The average molecular weight is 275 g/mol. The lowest BCUT2D eigenvalue weighted by Gasteiger charge is -2.31. The molecule has 1 aliphatic rings. The number of hydrogen-bond donors (Lipinski definition) is 0. The van der Waals surface area contributed by atoms with Gasteiger partial charge < -0.3 is 4.74 Å². The number of nitrogens with zero attached hydrogens (tertiary/aromatic N) is 1. The minimum atomic E-state index is -0.0649. The standard InChI is InChI=1S/C17H25NO2/c1-13(2)15-8-6-14(7-9-15)11-18-10-4-5-16(12-18)17(19)20-3/h6-9,13,16H,4-5,10-12H2,1-3H3/t16-/m0/s1. The second-order valence-electron chi connectivity index (χ2n) is 5.99. The number of ether oxygens (including phenoxy) is 1. The molecule has 0 aromatic heterocycles. The monoisotopic (exact) mass is 275 g/mol. The van der Waals surface area contributed by atoms with E-state index in [0.29, 0.717) is 5.92 Å². The Balaban J connectivity index is 1.94. The molecule has 3 heteroatoms. The van der Waals surface area contributed by atoms with Gasteiger partial charge in [0.05, 0.1) is 13.0 Å². The Morgan fingerprint density at radius 1 is 1.35 bits per heavy atom. The fourth-order valence-electron chi connectivity index (χ4n) is 2.82. The molecule has 1 atom stereocenters. The summed E-state index contributed by atoms with van der Waals surface area (Å²) in [6.07, 6.45) is 2.03. The van der Waals surface area contributed by atoms with Gasteiger partial charge in [0.15, 0.2) is 0 Å². The van der Waals surface area contributed by atoms with Gasteiger partial charge in [-0.3, -0.25) is 9.69 Å². The van der Waals surface area contributed by atoms with Crippen LogP contribution in [0.4, 0.5) is 0 Å². The van der Waals surface area contributed by atoms with Gasteiger partial charge in [0.25, 0.3) is 0 Å². The first-order valence-electron chi connectivity index (χ1n) is 7.49. The Kier molecular flexibility index (Phi) is 5.18. The van der Waals surface area contributed by atoms with E-state index in [1.54, 1.807) is 0 Å². The molecule has 1 aliphatic heterocycles. The number of carbonyl (C=O) groups is 1. The van der Waals surface area contributed by atoms with Gasteiger partial charge in [0.1, 0.15) is 0 Å². The second kappa shape index (κ2) is 6.89. The predicted octanol–water partition coefficient (Wildman–Crippen LogP) is 3.20. The van der Waals surface area contributed by atoms with Crippen LogP contribution in [-0.4, -0.2) is 31.1 Å². The summed E-state index contributed by atoms with van der Waals surface area (Å²) in [6.45, 7) is 7.23. The number of esters is 1. The van der Waals surface area contributed by atoms with Gasteiger partial charge in [-0.15, -0.1) is 0 Å². The maximum Gasteiger partial charge on any atom is 0.309 e. The molecule has 0 N–H and O–H groups in total. The van der Waals surface area contributed by atoms with Crippen molar-refractivity contribution in [1.29, 1.82) is 0 Å². The summed E-state index contributed by atoms with van der Waals surface area (Å²) in [5.41, 5.74) is 2.69. The van der Waals surface area contributed by atoms with E-state index in [9.17, 15) is 4.79 Å². The van der Waals surface area contributed by atoms with Crippen LogP contribution in [-0.2, 0) is 16.1 Å². The first-order valence-corrected chi connectivity index (χ1v) is 7.49. The van der Waals surface area contributed by atoms with Crippen molar-refractivity contribution in [3.63, 3.8) is 0 Å². The Labute approximate surface area is 121 Å². The molecule has 20 heavy (non-hydrogen) atoms. The first-order chi connectivity index (χ1) is 9.60. The number of methoxy groups -OCH3 is 1. The van der Waals surface area contributed by atoms with E-state index in [1.165, 1.54) is 18.2 Å². The summed E-state index contributed by atoms with van der Waals surface area (Å²) in [5.74, 6) is 0.552. The van der Waals surface area contributed by atoms with Gasteiger partial charge in [-0.05, 0) is 36.4 Å². The molecule has 0 radical (unpaired) electrons. The van der Waals surface area contributed by atoms with Crippen LogP contribution in [0.5, 0.6) is 0 Å². The number of rotatable bonds is 4. The lowest BCUT2D eigenvalue weighted by Crippen LogP contribution is -2.38. The van der Waals surface area contributed by atoms with Crippen LogP contribution in [0.1, 0.15) is 43.7 Å². The molecule has 1 heterocycles. The fourth-order valence-corrected chi connectivity index (χ4v) is 2.82. The highest BCUT2D eigenvalue weighted by Crippen LogP contribution is 2.21. The molecular formula is C17H25NO2. The molecular weight excluding hydrogens is 250 g/mol. The van der Waals surface area contributed by atoms with E-state index in [-0.39, 0.29) is 11.9 Å². The maximum atomic E-state index is 11.6. The molecule has 2 rings (SSSR count). The zero-order valence-electron chi connectivity index (χ0n) is 12.8. The summed E-state index contributed by atoms with van der Waals surface area (Å²) in [4.78, 5) is 14.0. The number of likely N-dealkylation sites (tertiary alicyclic amines) is 1. The van der Waals surface area contributed by atoms with Crippen molar-refractivity contribution in [2.24, 2.45) is 5.92 Å². The Morgan fingerprint density at radius 2 is 2.05 bits per heavy atom. The van der Waals surface area contributed by atoms with Crippen molar-refractivity contribution >= 4 is 5.97 Å². The molecule has 110 valence electrons. The maximum absolute atomic E-state index is 11.6. The van der Waals surface area contributed by atoms with E-state index >= 15 is 0 Å². The highest BCUT2D eigenvalue weighted by molar-refractivity contribution is 5.72. The van der Waals surface area contributed by atoms with Gasteiger partial charge in [-0.1, -0.05) is 38.1 Å². The SMILES string of the molecule is COC(=O)[C@H]1CCCN(Cc2ccc(C(C)C)cc2)C1. The minimum Gasteiger partial charge on any atom is -0.469 e. The van der Waals surface area contributed by atoms with E-state index in [2.05, 4.69) is 43.0 Å². The molecule has 0 spiro atoms. The molecule has 1 saturated heterocycles. The van der Waals surface area contributed by atoms with E-state index in [4.69, 9.17) is 4.74 Å². The van der Waals surface area contributed by atoms with Gasteiger partial charge in [0.2, 0.25) is 0 Å². The Bertz CT molecular complexity index is 439. The third-order valence-corrected chi connectivity index (χ3v) is 4.09. The molecule has 0 bridgehead atoms. The molecule has 1 aromatic carbocycles. The lowest BCUT2D eigenvalue weighted by molar-refractivity contribution is -0.147. The smallest absolute Gasteiger partial charge is 0.309 e. The highest BCUT2D eigenvalue weighted by Gasteiger charge is 2.26. The normalized spacial score (nSPS) is 20.1. The quantitative estimate of drug-likeness (QED) is 0.790. The zero-order valence-corrected chi connectivity index (χ0v) is 12.8. The van der Waals surface area contributed by atoms with E-state index < -0.39 is 0 Å². The van der Waals surface area contributed by atoms with Crippen LogP contribution in [0.2, 0.25) is 0 Å². The summed E-state index contributed by atoms with van der Waals surface area (Å²) >= 11 is 0. The Morgan fingerprint density at radius 3 is 2.65 bits per heavy atom. The number of carbonyl (C=O) groups excluding carboxylic acids is 1. The number of benzene rings is 1. The average Bonchev–Trinajstić information content (AvgIpc) is 2.47. The predicted molar refractivity (Wildman–Crippen MR) is 80.5 cm³/mol. The summed E-state index contributed by atoms with van der Waals surface area (Å²) in [5, 5.41) is 0. The van der Waals surface area contributed by atoms with Crippen molar-refractivity contribution < 1.29 is 9.53 Å². The largest absolute Gasteiger partial charge is 0.469 e. The molecule has 0 amide bonds. The van der Waals surface area contributed by atoms with Crippen molar-refractivity contribution in [2.45, 2.75) is 39.2 Å². The van der Waals surface area contributed by atoms with Crippen LogP contribution >= 0.6 is 0 Å². The molecule has 0 unspecified atom stereocenters. The van der Waals surface area contributed by atoms with Crippen molar-refractivity contribution in [3.05, 3.63) is 35.4 Å². The topological polar surface area (TPSA) is 29.5 Å². The fraction of sp³-hybridized carbons (Fsp3) is 0.588. The summed E-state index contributed by atoms with van der Waals surface area (Å²) in [6, 6.07) is 8.83. The van der Waals surface area contributed by atoms with Crippen LogP contribution in [0, 0.1) is 5.92 Å². The molecule has 1 aromatic rings. The molecule has 1 fully saturated rings. The van der Waals surface area contributed by atoms with Gasteiger partial charge in [0, 0.05) is 13.1 Å².